The number of halogens is 2. The number of nitrogens with zero attached hydrogens (tertiary/aromatic N) is 1. The van der Waals surface area contributed by atoms with Crippen LogP contribution < -0.4 is 16.0 Å². The molecular weight excluding hydrogens is 411 g/mol. The molecule has 0 saturated carbocycles. The van der Waals surface area contributed by atoms with Crippen molar-refractivity contribution >= 4 is 34.2 Å². The first-order valence-electron chi connectivity index (χ1n) is 8.83. The van der Waals surface area contributed by atoms with Gasteiger partial charge >= 0.3 is 6.03 Å². The fraction of sp³-hybridized carbons (Fsp3) is 0.529. The summed E-state index contributed by atoms with van der Waals surface area (Å²) in [4.78, 5) is 26.1. The van der Waals surface area contributed by atoms with E-state index in [0.717, 1.165) is 5.56 Å². The van der Waals surface area contributed by atoms with Crippen LogP contribution in [0.5, 0.6) is 0 Å². The number of rotatable bonds is 4. The second-order valence-corrected chi connectivity index (χ2v) is 9.10. The molecule has 2 heterocycles. The molecule has 0 aromatic heterocycles. The highest BCUT2D eigenvalue weighted by atomic mass is 35.5. The first kappa shape index (κ1) is 22.5. The molecule has 0 bridgehead atoms. The van der Waals surface area contributed by atoms with Crippen LogP contribution in [0.15, 0.2) is 24.3 Å². The largest absolute Gasteiger partial charge is 0.334 e. The molecule has 156 valence electrons. The Balaban J connectivity index is 0.00000280. The van der Waals surface area contributed by atoms with E-state index in [1.54, 1.807) is 12.1 Å². The van der Waals surface area contributed by atoms with Crippen LogP contribution in [0.4, 0.5) is 9.18 Å². The van der Waals surface area contributed by atoms with E-state index in [4.69, 9.17) is 0 Å². The molecule has 28 heavy (non-hydrogen) atoms. The van der Waals surface area contributed by atoms with Gasteiger partial charge in [-0.2, -0.15) is 0 Å². The van der Waals surface area contributed by atoms with Crippen LogP contribution in [-0.2, 0) is 14.6 Å². The third kappa shape index (κ3) is 6.13. The van der Waals surface area contributed by atoms with Gasteiger partial charge in [-0.1, -0.05) is 12.1 Å². The molecule has 3 N–H and O–H groups in total. The summed E-state index contributed by atoms with van der Waals surface area (Å²) < 4.78 is 36.4. The third-order valence-corrected chi connectivity index (χ3v) is 6.52. The van der Waals surface area contributed by atoms with Crippen molar-refractivity contribution < 1.29 is 22.4 Å². The van der Waals surface area contributed by atoms with E-state index in [1.165, 1.54) is 12.1 Å². The maximum atomic E-state index is 13.5. The lowest BCUT2D eigenvalue weighted by atomic mass is 10.0. The van der Waals surface area contributed by atoms with Gasteiger partial charge in [-0.05, 0) is 24.1 Å². The predicted molar refractivity (Wildman–Crippen MR) is 105 cm³/mol. The summed E-state index contributed by atoms with van der Waals surface area (Å²) in [6.07, 6.45) is 0.351. The standard InChI is InChI=1S/C17H23FN4O4S.ClH/c18-13-3-1-2-12(8-13)15-9-19-5-6-22(15)10-16(23)21-17(24)20-14-4-7-27(25,26)11-14;/h1-3,8,14-15,19H,4-7,9-11H2,(H2,20,21,23,24);1H. The van der Waals surface area contributed by atoms with E-state index < -0.39 is 27.8 Å². The van der Waals surface area contributed by atoms with E-state index >= 15 is 0 Å². The molecule has 2 aliphatic rings. The quantitative estimate of drug-likeness (QED) is 0.625. The van der Waals surface area contributed by atoms with Crippen LogP contribution in [0.3, 0.4) is 0 Å². The number of carbonyl (C=O) groups excluding carboxylic acids is 2. The molecule has 0 radical (unpaired) electrons. The summed E-state index contributed by atoms with van der Waals surface area (Å²) in [5.74, 6) is -0.888. The van der Waals surface area contributed by atoms with Gasteiger partial charge in [0.25, 0.3) is 0 Å². The van der Waals surface area contributed by atoms with Crippen LogP contribution in [0, 0.1) is 5.82 Å². The zero-order chi connectivity index (χ0) is 19.4. The minimum Gasteiger partial charge on any atom is -0.334 e. The topological polar surface area (TPSA) is 108 Å². The van der Waals surface area contributed by atoms with Gasteiger partial charge in [0.15, 0.2) is 9.84 Å². The maximum absolute atomic E-state index is 13.5. The number of amides is 3. The van der Waals surface area contributed by atoms with E-state index in [-0.39, 0.29) is 42.3 Å². The lowest BCUT2D eigenvalue weighted by Gasteiger charge is -2.36. The van der Waals surface area contributed by atoms with Crippen molar-refractivity contribution in [1.82, 2.24) is 20.9 Å². The number of sulfone groups is 1. The van der Waals surface area contributed by atoms with Crippen molar-refractivity contribution in [2.45, 2.75) is 18.5 Å². The summed E-state index contributed by atoms with van der Waals surface area (Å²) >= 11 is 0. The molecule has 1 aromatic rings. The second kappa shape index (κ2) is 9.64. The Morgan fingerprint density at radius 1 is 1.32 bits per heavy atom. The number of urea groups is 1. The molecular formula is C17H24ClFN4O4S. The van der Waals surface area contributed by atoms with Gasteiger partial charge in [-0.25, -0.2) is 17.6 Å². The first-order valence-corrected chi connectivity index (χ1v) is 10.7. The first-order chi connectivity index (χ1) is 12.8. The second-order valence-electron chi connectivity index (χ2n) is 6.87. The number of piperazine rings is 1. The molecule has 2 atom stereocenters. The fourth-order valence-corrected chi connectivity index (χ4v) is 5.13. The van der Waals surface area contributed by atoms with E-state index in [9.17, 15) is 22.4 Å². The predicted octanol–water partition coefficient (Wildman–Crippen LogP) is 0.207. The van der Waals surface area contributed by atoms with Gasteiger partial charge in [0.1, 0.15) is 5.82 Å². The Labute approximate surface area is 169 Å². The maximum Gasteiger partial charge on any atom is 0.321 e. The molecule has 2 unspecified atom stereocenters. The zero-order valence-electron chi connectivity index (χ0n) is 15.2. The highest BCUT2D eigenvalue weighted by Crippen LogP contribution is 2.22. The SMILES string of the molecule is Cl.O=C(CN1CCNCC1c1cccc(F)c1)NC(=O)NC1CCS(=O)(=O)C1. The van der Waals surface area contributed by atoms with Crippen molar-refractivity contribution in [2.75, 3.05) is 37.7 Å². The number of benzene rings is 1. The number of hydrogen-bond acceptors (Lipinski definition) is 6. The smallest absolute Gasteiger partial charge is 0.321 e. The normalized spacial score (nSPS) is 24.2. The fourth-order valence-electron chi connectivity index (χ4n) is 3.46. The highest BCUT2D eigenvalue weighted by Gasteiger charge is 2.30. The Morgan fingerprint density at radius 2 is 2.11 bits per heavy atom. The highest BCUT2D eigenvalue weighted by molar-refractivity contribution is 7.91. The summed E-state index contributed by atoms with van der Waals surface area (Å²) in [6, 6.07) is 4.89. The summed E-state index contributed by atoms with van der Waals surface area (Å²) in [7, 11) is -3.11. The summed E-state index contributed by atoms with van der Waals surface area (Å²) in [5.41, 5.74) is 0.760. The molecule has 2 fully saturated rings. The Kier molecular flexibility index (Phi) is 7.76. The minimum atomic E-state index is -3.11. The van der Waals surface area contributed by atoms with Crippen LogP contribution in [0.25, 0.3) is 0 Å². The van der Waals surface area contributed by atoms with E-state index in [2.05, 4.69) is 16.0 Å². The molecule has 0 spiro atoms. The van der Waals surface area contributed by atoms with Gasteiger partial charge < -0.3 is 10.6 Å². The monoisotopic (exact) mass is 434 g/mol. The van der Waals surface area contributed by atoms with E-state index in [0.29, 0.717) is 26.1 Å². The van der Waals surface area contributed by atoms with Crippen LogP contribution in [-0.4, -0.2) is 69.0 Å². The molecule has 0 aliphatic carbocycles. The van der Waals surface area contributed by atoms with Crippen molar-refractivity contribution in [2.24, 2.45) is 0 Å². The molecule has 3 rings (SSSR count). The Morgan fingerprint density at radius 3 is 2.79 bits per heavy atom. The lowest BCUT2D eigenvalue weighted by molar-refractivity contribution is -0.122. The van der Waals surface area contributed by atoms with Gasteiger partial charge in [0.2, 0.25) is 5.91 Å². The van der Waals surface area contributed by atoms with Crippen LogP contribution in [0.2, 0.25) is 0 Å². The molecule has 8 nitrogen and oxygen atoms in total. The van der Waals surface area contributed by atoms with Gasteiger partial charge in [-0.3, -0.25) is 15.0 Å². The number of nitrogens with one attached hydrogen (secondary N) is 3. The molecule has 2 aliphatic heterocycles. The third-order valence-electron chi connectivity index (χ3n) is 4.76. The van der Waals surface area contributed by atoms with Crippen molar-refractivity contribution in [3.05, 3.63) is 35.6 Å². The van der Waals surface area contributed by atoms with Gasteiger partial charge in [0.05, 0.1) is 18.1 Å². The summed E-state index contributed by atoms with van der Waals surface area (Å²) in [5, 5.41) is 7.99. The molecule has 11 heteroatoms. The number of hydrogen-bond donors (Lipinski definition) is 3. The Bertz CT molecular complexity index is 823. The van der Waals surface area contributed by atoms with Gasteiger partial charge in [0, 0.05) is 31.7 Å². The minimum absolute atomic E-state index is 0. The molecule has 3 amide bonds. The number of imide groups is 1. The van der Waals surface area contributed by atoms with E-state index in [1.807, 2.05) is 4.90 Å². The zero-order valence-corrected chi connectivity index (χ0v) is 16.8. The average Bonchev–Trinajstić information content (AvgIpc) is 2.93. The van der Waals surface area contributed by atoms with Gasteiger partial charge in [-0.15, -0.1) is 12.4 Å². The van der Waals surface area contributed by atoms with Crippen LogP contribution >= 0.6 is 12.4 Å². The molecule has 1 aromatic carbocycles. The number of carbonyl (C=O) groups is 2. The van der Waals surface area contributed by atoms with Crippen molar-refractivity contribution in [1.29, 1.82) is 0 Å². The Hall–Kier alpha value is -1.75. The average molecular weight is 435 g/mol. The lowest BCUT2D eigenvalue weighted by Crippen LogP contribution is -2.52. The summed E-state index contributed by atoms with van der Waals surface area (Å²) in [6.45, 7) is 1.82. The van der Waals surface area contributed by atoms with Crippen molar-refractivity contribution in [3.8, 4) is 0 Å². The molecule has 2 saturated heterocycles. The van der Waals surface area contributed by atoms with Crippen molar-refractivity contribution in [3.63, 3.8) is 0 Å². The van der Waals surface area contributed by atoms with Crippen LogP contribution in [0.1, 0.15) is 18.0 Å².